The van der Waals surface area contributed by atoms with E-state index in [-0.39, 0.29) is 5.82 Å². The Labute approximate surface area is 126 Å². The van der Waals surface area contributed by atoms with Crippen LogP contribution in [0.4, 0.5) is 4.39 Å². The number of benzene rings is 1. The summed E-state index contributed by atoms with van der Waals surface area (Å²) >= 11 is 5.94. The summed E-state index contributed by atoms with van der Waals surface area (Å²) in [5.74, 6) is -0.248. The van der Waals surface area contributed by atoms with Gasteiger partial charge in [0.05, 0.1) is 0 Å². The van der Waals surface area contributed by atoms with Crippen molar-refractivity contribution in [2.45, 2.75) is 45.2 Å². The summed E-state index contributed by atoms with van der Waals surface area (Å²) in [6.45, 7) is 6.19. The number of nitrogens with zero attached hydrogens (tertiary/aromatic N) is 1. The monoisotopic (exact) mass is 298 g/mol. The van der Waals surface area contributed by atoms with Crippen molar-refractivity contribution in [1.82, 2.24) is 10.2 Å². The van der Waals surface area contributed by atoms with Gasteiger partial charge in [-0.15, -0.1) is 0 Å². The molecule has 1 unspecified atom stereocenters. The van der Waals surface area contributed by atoms with Crippen LogP contribution in [0.5, 0.6) is 0 Å². The number of unbranched alkanes of at least 4 members (excludes halogenated alkanes) is 1. The predicted molar refractivity (Wildman–Crippen MR) is 82.6 cm³/mol. The van der Waals surface area contributed by atoms with Gasteiger partial charge in [0, 0.05) is 24.2 Å². The maximum Gasteiger partial charge on any atom is 0.125 e. The summed E-state index contributed by atoms with van der Waals surface area (Å²) in [5.41, 5.74) is 0.962. The molecule has 1 aliphatic heterocycles. The van der Waals surface area contributed by atoms with E-state index in [0.29, 0.717) is 11.1 Å². The highest BCUT2D eigenvalue weighted by Gasteiger charge is 2.18. The standard InChI is InChI=1S/C16H24ClFN2/c1-2-3-7-20(12-16-5-4-6-19-16)11-13-8-14(17)10-15(18)9-13/h8-10,16,19H,2-7,11-12H2,1H3. The first kappa shape index (κ1) is 15.7. The first-order chi connectivity index (χ1) is 9.67. The maximum absolute atomic E-state index is 13.4. The van der Waals surface area contributed by atoms with Crippen molar-refractivity contribution in [2.24, 2.45) is 0 Å². The molecule has 1 atom stereocenters. The fourth-order valence-electron chi connectivity index (χ4n) is 2.80. The van der Waals surface area contributed by atoms with Crippen LogP contribution >= 0.6 is 11.6 Å². The number of rotatable bonds is 7. The lowest BCUT2D eigenvalue weighted by atomic mass is 10.1. The Hall–Kier alpha value is -0.640. The molecule has 4 heteroatoms. The van der Waals surface area contributed by atoms with Gasteiger partial charge in [-0.25, -0.2) is 4.39 Å². The van der Waals surface area contributed by atoms with Crippen molar-refractivity contribution in [3.8, 4) is 0 Å². The third kappa shape index (κ3) is 5.04. The summed E-state index contributed by atoms with van der Waals surface area (Å²) in [5, 5.41) is 4.01. The van der Waals surface area contributed by atoms with Crippen molar-refractivity contribution >= 4 is 11.6 Å². The number of hydrogen-bond donors (Lipinski definition) is 1. The summed E-state index contributed by atoms with van der Waals surface area (Å²) in [7, 11) is 0. The van der Waals surface area contributed by atoms with Gasteiger partial charge in [0.2, 0.25) is 0 Å². The molecule has 0 saturated carbocycles. The molecule has 0 radical (unpaired) electrons. The van der Waals surface area contributed by atoms with Crippen LogP contribution in [0.25, 0.3) is 0 Å². The Kier molecular flexibility index (Phi) is 6.27. The average Bonchev–Trinajstić information content (AvgIpc) is 2.87. The summed E-state index contributed by atoms with van der Waals surface area (Å²) < 4.78 is 13.4. The molecule has 0 spiro atoms. The highest BCUT2D eigenvalue weighted by molar-refractivity contribution is 6.30. The number of nitrogens with one attached hydrogen (secondary N) is 1. The zero-order valence-electron chi connectivity index (χ0n) is 12.2. The van der Waals surface area contributed by atoms with Crippen molar-refractivity contribution in [2.75, 3.05) is 19.6 Å². The van der Waals surface area contributed by atoms with Crippen LogP contribution in [0, 0.1) is 5.82 Å². The Balaban J connectivity index is 1.97. The molecule has 0 aliphatic carbocycles. The lowest BCUT2D eigenvalue weighted by molar-refractivity contribution is 0.237. The first-order valence-electron chi connectivity index (χ1n) is 7.58. The van der Waals surface area contributed by atoms with Crippen molar-refractivity contribution in [3.63, 3.8) is 0 Å². The fraction of sp³-hybridized carbons (Fsp3) is 0.625. The van der Waals surface area contributed by atoms with E-state index < -0.39 is 0 Å². The lowest BCUT2D eigenvalue weighted by Gasteiger charge is -2.25. The normalized spacial score (nSPS) is 18.9. The second-order valence-corrected chi connectivity index (χ2v) is 6.10. The second kappa shape index (κ2) is 7.96. The van der Waals surface area contributed by atoms with Crippen LogP contribution < -0.4 is 5.32 Å². The van der Waals surface area contributed by atoms with E-state index >= 15 is 0 Å². The molecule has 1 aromatic carbocycles. The molecular weight excluding hydrogens is 275 g/mol. The van der Waals surface area contributed by atoms with Crippen molar-refractivity contribution in [3.05, 3.63) is 34.6 Å². The molecule has 112 valence electrons. The van der Waals surface area contributed by atoms with Gasteiger partial charge in [-0.3, -0.25) is 4.90 Å². The third-order valence-corrected chi connectivity index (χ3v) is 4.02. The second-order valence-electron chi connectivity index (χ2n) is 5.66. The Morgan fingerprint density at radius 1 is 1.40 bits per heavy atom. The minimum Gasteiger partial charge on any atom is -0.313 e. The van der Waals surface area contributed by atoms with Gasteiger partial charge in [0.15, 0.2) is 0 Å². The van der Waals surface area contributed by atoms with Gasteiger partial charge in [-0.05, 0) is 56.1 Å². The van der Waals surface area contributed by atoms with E-state index in [1.165, 1.54) is 31.7 Å². The number of hydrogen-bond acceptors (Lipinski definition) is 2. The molecule has 1 aliphatic rings. The van der Waals surface area contributed by atoms with E-state index in [2.05, 4.69) is 17.1 Å². The first-order valence-corrected chi connectivity index (χ1v) is 7.96. The SMILES string of the molecule is CCCCN(Cc1cc(F)cc(Cl)c1)CC1CCCN1. The van der Waals surface area contributed by atoms with E-state index in [1.807, 2.05) is 6.07 Å². The van der Waals surface area contributed by atoms with Crippen molar-refractivity contribution in [1.29, 1.82) is 0 Å². The van der Waals surface area contributed by atoms with E-state index in [9.17, 15) is 4.39 Å². The van der Waals surface area contributed by atoms with E-state index in [4.69, 9.17) is 11.6 Å². The van der Waals surface area contributed by atoms with Gasteiger partial charge >= 0.3 is 0 Å². The predicted octanol–water partition coefficient (Wildman–Crippen LogP) is 3.83. The van der Waals surface area contributed by atoms with Crippen LogP contribution in [0.1, 0.15) is 38.2 Å². The molecule has 1 aromatic rings. The molecule has 2 nitrogen and oxygen atoms in total. The van der Waals surface area contributed by atoms with Gasteiger partial charge < -0.3 is 5.32 Å². The maximum atomic E-state index is 13.4. The van der Waals surface area contributed by atoms with E-state index in [0.717, 1.165) is 31.7 Å². The Bertz CT molecular complexity index is 399. The molecule has 2 rings (SSSR count). The summed E-state index contributed by atoms with van der Waals surface area (Å²) in [4.78, 5) is 2.41. The van der Waals surface area contributed by atoms with Crippen LogP contribution in [0.3, 0.4) is 0 Å². The molecule has 1 saturated heterocycles. The lowest BCUT2D eigenvalue weighted by Crippen LogP contribution is -2.37. The fourth-order valence-corrected chi connectivity index (χ4v) is 3.05. The molecule has 20 heavy (non-hydrogen) atoms. The molecule has 1 N–H and O–H groups in total. The van der Waals surface area contributed by atoms with E-state index in [1.54, 1.807) is 6.07 Å². The minimum atomic E-state index is -0.248. The number of halogens is 2. The summed E-state index contributed by atoms with van der Waals surface area (Å²) in [6, 6.07) is 5.40. The van der Waals surface area contributed by atoms with Crippen LogP contribution in [0.15, 0.2) is 18.2 Å². The van der Waals surface area contributed by atoms with Gasteiger partial charge in [0.1, 0.15) is 5.82 Å². The molecule has 0 bridgehead atoms. The molecule has 0 amide bonds. The topological polar surface area (TPSA) is 15.3 Å². The Morgan fingerprint density at radius 2 is 2.25 bits per heavy atom. The smallest absolute Gasteiger partial charge is 0.125 e. The molecular formula is C16H24ClFN2. The molecule has 1 heterocycles. The van der Waals surface area contributed by atoms with Crippen LogP contribution in [0.2, 0.25) is 5.02 Å². The Morgan fingerprint density at radius 3 is 2.90 bits per heavy atom. The molecule has 1 fully saturated rings. The third-order valence-electron chi connectivity index (χ3n) is 3.80. The van der Waals surface area contributed by atoms with Crippen LogP contribution in [-0.4, -0.2) is 30.6 Å². The molecule has 0 aromatic heterocycles. The highest BCUT2D eigenvalue weighted by atomic mass is 35.5. The zero-order chi connectivity index (χ0) is 14.4. The highest BCUT2D eigenvalue weighted by Crippen LogP contribution is 2.17. The van der Waals surface area contributed by atoms with Crippen molar-refractivity contribution < 1.29 is 4.39 Å². The summed E-state index contributed by atoms with van der Waals surface area (Å²) in [6.07, 6.45) is 4.86. The van der Waals surface area contributed by atoms with Gasteiger partial charge in [0.25, 0.3) is 0 Å². The van der Waals surface area contributed by atoms with Gasteiger partial charge in [-0.2, -0.15) is 0 Å². The zero-order valence-corrected chi connectivity index (χ0v) is 12.9. The minimum absolute atomic E-state index is 0.248. The van der Waals surface area contributed by atoms with Gasteiger partial charge in [-0.1, -0.05) is 24.9 Å². The largest absolute Gasteiger partial charge is 0.313 e. The average molecular weight is 299 g/mol. The van der Waals surface area contributed by atoms with Crippen LogP contribution in [-0.2, 0) is 6.54 Å². The quantitative estimate of drug-likeness (QED) is 0.823.